The maximum Gasteiger partial charge on any atom is 0.243 e. The first-order chi connectivity index (χ1) is 11.2. The fourth-order valence-electron chi connectivity index (χ4n) is 2.11. The zero-order chi connectivity index (χ0) is 17.9. The molecule has 1 aromatic carbocycles. The van der Waals surface area contributed by atoms with E-state index >= 15 is 0 Å². The van der Waals surface area contributed by atoms with Crippen LogP contribution in [-0.2, 0) is 16.6 Å². The molecule has 0 saturated carbocycles. The van der Waals surface area contributed by atoms with Gasteiger partial charge in [-0.25, -0.2) is 13.4 Å². The van der Waals surface area contributed by atoms with E-state index in [1.54, 1.807) is 25.4 Å². The summed E-state index contributed by atoms with van der Waals surface area (Å²) in [4.78, 5) is 8.97. The number of hydrogen-bond donors (Lipinski definition) is 1. The Morgan fingerprint density at radius 1 is 1.17 bits per heavy atom. The van der Waals surface area contributed by atoms with Gasteiger partial charge in [-0.2, -0.15) is 4.31 Å². The Labute approximate surface area is 144 Å². The predicted molar refractivity (Wildman–Crippen MR) is 95.4 cm³/mol. The van der Waals surface area contributed by atoms with Gasteiger partial charge in [0.05, 0.1) is 16.3 Å². The minimum atomic E-state index is -3.44. The molecule has 6 nitrogen and oxygen atoms in total. The lowest BCUT2D eigenvalue weighted by Gasteiger charge is -2.21. The van der Waals surface area contributed by atoms with Crippen LogP contribution in [0.1, 0.15) is 30.8 Å². The summed E-state index contributed by atoms with van der Waals surface area (Å²) in [5.74, 6) is 0.742. The normalized spacial score (nSPS) is 12.0. The van der Waals surface area contributed by atoms with E-state index in [1.807, 2.05) is 39.8 Å². The second-order valence-corrected chi connectivity index (χ2v) is 8.06. The number of benzene rings is 1. The van der Waals surface area contributed by atoms with Crippen molar-refractivity contribution >= 4 is 15.8 Å². The molecular formula is C17H24N4O2S. The number of sulfonamides is 1. The predicted octanol–water partition coefficient (Wildman–Crippen LogP) is 2.73. The summed E-state index contributed by atoms with van der Waals surface area (Å²) in [6.07, 6.45) is 1.73. The Hall–Kier alpha value is -1.99. The molecular weight excluding hydrogens is 324 g/mol. The monoisotopic (exact) mass is 348 g/mol. The van der Waals surface area contributed by atoms with Gasteiger partial charge in [-0.1, -0.05) is 12.1 Å². The SMILES string of the molecule is Cc1cnc(C)c(NCc2ccc(S(=O)(=O)N(C)C(C)C)cc2)n1. The third kappa shape index (κ3) is 4.10. The summed E-state index contributed by atoms with van der Waals surface area (Å²) < 4.78 is 26.2. The highest BCUT2D eigenvalue weighted by molar-refractivity contribution is 7.89. The van der Waals surface area contributed by atoms with Crippen molar-refractivity contribution in [1.29, 1.82) is 0 Å². The minimum Gasteiger partial charge on any atom is -0.364 e. The van der Waals surface area contributed by atoms with Gasteiger partial charge in [-0.05, 0) is 45.4 Å². The van der Waals surface area contributed by atoms with Crippen LogP contribution in [0.5, 0.6) is 0 Å². The highest BCUT2D eigenvalue weighted by atomic mass is 32.2. The number of rotatable bonds is 6. The van der Waals surface area contributed by atoms with E-state index in [-0.39, 0.29) is 6.04 Å². The molecule has 0 saturated heterocycles. The Kier molecular flexibility index (Phi) is 5.56. The van der Waals surface area contributed by atoms with Gasteiger partial charge < -0.3 is 5.32 Å². The molecule has 0 amide bonds. The van der Waals surface area contributed by atoms with Gasteiger partial charge in [0, 0.05) is 25.8 Å². The Balaban J connectivity index is 2.11. The van der Waals surface area contributed by atoms with Gasteiger partial charge in [0.25, 0.3) is 0 Å². The Morgan fingerprint density at radius 2 is 1.79 bits per heavy atom. The molecule has 0 bridgehead atoms. The summed E-state index contributed by atoms with van der Waals surface area (Å²) in [5.41, 5.74) is 2.66. The molecule has 7 heteroatoms. The van der Waals surface area contributed by atoms with Crippen molar-refractivity contribution in [3.8, 4) is 0 Å². The van der Waals surface area contributed by atoms with Crippen LogP contribution in [0.4, 0.5) is 5.82 Å². The highest BCUT2D eigenvalue weighted by Crippen LogP contribution is 2.18. The van der Waals surface area contributed by atoms with Crippen molar-refractivity contribution in [2.45, 2.75) is 45.2 Å². The van der Waals surface area contributed by atoms with E-state index in [2.05, 4.69) is 15.3 Å². The summed E-state index contributed by atoms with van der Waals surface area (Å²) in [7, 11) is -1.85. The van der Waals surface area contributed by atoms with Crippen LogP contribution >= 0.6 is 0 Å². The molecule has 130 valence electrons. The van der Waals surface area contributed by atoms with Gasteiger partial charge in [-0.15, -0.1) is 0 Å². The van der Waals surface area contributed by atoms with Crippen molar-refractivity contribution in [2.75, 3.05) is 12.4 Å². The van der Waals surface area contributed by atoms with Crippen molar-refractivity contribution in [3.63, 3.8) is 0 Å². The number of nitrogens with zero attached hydrogens (tertiary/aromatic N) is 3. The van der Waals surface area contributed by atoms with Crippen molar-refractivity contribution in [1.82, 2.24) is 14.3 Å². The quantitative estimate of drug-likeness (QED) is 0.869. The van der Waals surface area contributed by atoms with Crippen LogP contribution < -0.4 is 5.32 Å². The fraction of sp³-hybridized carbons (Fsp3) is 0.412. The second kappa shape index (κ2) is 7.27. The molecule has 0 fully saturated rings. The number of aromatic nitrogens is 2. The van der Waals surface area contributed by atoms with Crippen LogP contribution in [-0.4, -0.2) is 35.8 Å². The third-order valence-corrected chi connectivity index (χ3v) is 5.91. The van der Waals surface area contributed by atoms with Crippen LogP contribution in [0.2, 0.25) is 0 Å². The van der Waals surface area contributed by atoms with E-state index in [9.17, 15) is 8.42 Å². The first-order valence-corrected chi connectivity index (χ1v) is 9.27. The van der Waals surface area contributed by atoms with Crippen LogP contribution in [0.15, 0.2) is 35.4 Å². The summed E-state index contributed by atoms with van der Waals surface area (Å²) >= 11 is 0. The van der Waals surface area contributed by atoms with Gasteiger partial charge in [0.2, 0.25) is 10.0 Å². The minimum absolute atomic E-state index is 0.0841. The van der Waals surface area contributed by atoms with Gasteiger partial charge >= 0.3 is 0 Å². The van der Waals surface area contributed by atoms with E-state index in [0.29, 0.717) is 11.4 Å². The van der Waals surface area contributed by atoms with Crippen LogP contribution in [0, 0.1) is 13.8 Å². The van der Waals surface area contributed by atoms with Gasteiger partial charge in [0.1, 0.15) is 5.82 Å². The maximum atomic E-state index is 12.4. The lowest BCUT2D eigenvalue weighted by molar-refractivity contribution is 0.410. The summed E-state index contributed by atoms with van der Waals surface area (Å²) in [6, 6.07) is 6.82. The molecule has 1 N–H and O–H groups in total. The maximum absolute atomic E-state index is 12.4. The van der Waals surface area contributed by atoms with E-state index in [1.165, 1.54) is 4.31 Å². The molecule has 24 heavy (non-hydrogen) atoms. The molecule has 0 aliphatic heterocycles. The number of anilines is 1. The molecule has 1 heterocycles. The topological polar surface area (TPSA) is 75.2 Å². The van der Waals surface area contributed by atoms with Crippen molar-refractivity contribution in [2.24, 2.45) is 0 Å². The Bertz CT molecular complexity index is 802. The van der Waals surface area contributed by atoms with Gasteiger partial charge in [-0.3, -0.25) is 4.98 Å². The molecule has 0 atom stereocenters. The molecule has 1 aromatic heterocycles. The largest absolute Gasteiger partial charge is 0.364 e. The molecule has 2 rings (SSSR count). The molecule has 0 spiro atoms. The number of aryl methyl sites for hydroxylation is 2. The van der Waals surface area contributed by atoms with Crippen LogP contribution in [0.3, 0.4) is 0 Å². The smallest absolute Gasteiger partial charge is 0.243 e. The van der Waals surface area contributed by atoms with Crippen molar-refractivity contribution in [3.05, 3.63) is 47.4 Å². The number of hydrogen-bond acceptors (Lipinski definition) is 5. The zero-order valence-corrected chi connectivity index (χ0v) is 15.6. The standard InChI is InChI=1S/C17H24N4O2S/c1-12(2)21(5)24(22,23)16-8-6-15(7-9-16)11-19-17-14(4)18-10-13(3)20-17/h6-10,12H,11H2,1-5H3,(H,19,20). The second-order valence-electron chi connectivity index (χ2n) is 6.06. The molecule has 0 aliphatic rings. The molecule has 2 aromatic rings. The lowest BCUT2D eigenvalue weighted by Crippen LogP contribution is -2.33. The van der Waals surface area contributed by atoms with Gasteiger partial charge in [0.15, 0.2) is 0 Å². The first-order valence-electron chi connectivity index (χ1n) is 7.83. The Morgan fingerprint density at radius 3 is 2.38 bits per heavy atom. The molecule has 0 aliphatic carbocycles. The number of nitrogens with one attached hydrogen (secondary N) is 1. The van der Waals surface area contributed by atoms with Crippen molar-refractivity contribution < 1.29 is 8.42 Å². The molecule has 0 unspecified atom stereocenters. The average Bonchev–Trinajstić information content (AvgIpc) is 2.55. The highest BCUT2D eigenvalue weighted by Gasteiger charge is 2.22. The lowest BCUT2D eigenvalue weighted by atomic mass is 10.2. The first kappa shape index (κ1) is 18.4. The van der Waals surface area contributed by atoms with Crippen LogP contribution in [0.25, 0.3) is 0 Å². The average molecular weight is 348 g/mol. The van der Waals surface area contributed by atoms with E-state index in [0.717, 1.165) is 22.8 Å². The van der Waals surface area contributed by atoms with E-state index < -0.39 is 10.0 Å². The summed E-state index contributed by atoms with van der Waals surface area (Å²) in [6.45, 7) is 8.04. The van der Waals surface area contributed by atoms with E-state index in [4.69, 9.17) is 0 Å². The fourth-order valence-corrected chi connectivity index (χ4v) is 3.48. The summed E-state index contributed by atoms with van der Waals surface area (Å²) in [5, 5.41) is 3.24. The zero-order valence-electron chi connectivity index (χ0n) is 14.7. The molecule has 0 radical (unpaired) electrons. The third-order valence-electron chi connectivity index (χ3n) is 3.86.